The molecule has 0 saturated carbocycles. The molecule has 3 rings (SSSR count). The van der Waals surface area contributed by atoms with Crippen molar-refractivity contribution >= 4 is 17.4 Å². The second-order valence-electron chi connectivity index (χ2n) is 4.08. The lowest BCUT2D eigenvalue weighted by atomic mass is 10.2. The Kier molecular flexibility index (Phi) is 2.67. The number of piperazine rings is 1. The summed E-state index contributed by atoms with van der Waals surface area (Å²) >= 11 is 5.96. The summed E-state index contributed by atoms with van der Waals surface area (Å²) in [6, 6.07) is 0. The number of rotatable bonds is 1. The van der Waals surface area contributed by atoms with Gasteiger partial charge in [0.1, 0.15) is 5.82 Å². The molecule has 1 aromatic rings. The van der Waals surface area contributed by atoms with Crippen molar-refractivity contribution in [3.8, 4) is 0 Å². The fourth-order valence-electron chi connectivity index (χ4n) is 2.26. The normalized spacial score (nSPS) is 19.9. The first-order chi connectivity index (χ1) is 7.84. The number of nitrogens with zero attached hydrogens (tertiary/aromatic N) is 3. The topological polar surface area (TPSA) is 53.1 Å². The molecule has 3 heterocycles. The Balaban J connectivity index is 1.99. The summed E-state index contributed by atoms with van der Waals surface area (Å²) in [5.41, 5.74) is 2.26. The molecule has 86 valence electrons. The third kappa shape index (κ3) is 1.75. The van der Waals surface area contributed by atoms with E-state index in [0.29, 0.717) is 5.28 Å². The molecular weight excluding hydrogens is 226 g/mol. The molecule has 0 radical (unpaired) electrons. The molecule has 2 aliphatic rings. The number of hydrogen-bond donors (Lipinski definition) is 2. The highest BCUT2D eigenvalue weighted by Crippen LogP contribution is 2.26. The van der Waals surface area contributed by atoms with Crippen molar-refractivity contribution < 1.29 is 0 Å². The Morgan fingerprint density at radius 1 is 1.06 bits per heavy atom. The van der Waals surface area contributed by atoms with Crippen LogP contribution in [0.4, 0.5) is 5.82 Å². The maximum atomic E-state index is 5.96. The highest BCUT2D eigenvalue weighted by atomic mass is 35.5. The number of anilines is 1. The monoisotopic (exact) mass is 239 g/mol. The number of nitrogens with one attached hydrogen (secondary N) is 2. The molecule has 0 atom stereocenters. The smallest absolute Gasteiger partial charge is 0.224 e. The van der Waals surface area contributed by atoms with Crippen LogP contribution in [0, 0.1) is 0 Å². The van der Waals surface area contributed by atoms with Gasteiger partial charge >= 0.3 is 0 Å². The molecular formula is C10H14ClN5. The van der Waals surface area contributed by atoms with Gasteiger partial charge in [-0.25, -0.2) is 9.97 Å². The quantitative estimate of drug-likeness (QED) is 0.683. The van der Waals surface area contributed by atoms with Crippen molar-refractivity contribution in [1.82, 2.24) is 20.6 Å². The first-order valence-corrected chi connectivity index (χ1v) is 5.94. The second-order valence-corrected chi connectivity index (χ2v) is 4.42. The molecule has 0 aromatic carbocycles. The minimum absolute atomic E-state index is 0.357. The van der Waals surface area contributed by atoms with Crippen molar-refractivity contribution in [1.29, 1.82) is 0 Å². The van der Waals surface area contributed by atoms with Crippen LogP contribution in [0.1, 0.15) is 11.3 Å². The van der Waals surface area contributed by atoms with Gasteiger partial charge in [-0.15, -0.1) is 0 Å². The zero-order valence-electron chi connectivity index (χ0n) is 8.96. The number of hydrogen-bond acceptors (Lipinski definition) is 5. The minimum atomic E-state index is 0.357. The van der Waals surface area contributed by atoms with Crippen LogP contribution in [-0.2, 0) is 13.1 Å². The minimum Gasteiger partial charge on any atom is -0.354 e. The average molecular weight is 240 g/mol. The van der Waals surface area contributed by atoms with Crippen LogP contribution < -0.4 is 15.5 Å². The molecule has 0 amide bonds. The van der Waals surface area contributed by atoms with Crippen molar-refractivity contribution in [2.75, 3.05) is 31.1 Å². The summed E-state index contributed by atoms with van der Waals surface area (Å²) in [4.78, 5) is 10.9. The molecule has 1 saturated heterocycles. The largest absolute Gasteiger partial charge is 0.354 e. The summed E-state index contributed by atoms with van der Waals surface area (Å²) in [6.07, 6.45) is 0. The molecule has 0 bridgehead atoms. The highest BCUT2D eigenvalue weighted by molar-refractivity contribution is 6.28. The van der Waals surface area contributed by atoms with Gasteiger partial charge in [0.15, 0.2) is 0 Å². The molecule has 5 nitrogen and oxygen atoms in total. The predicted octanol–water partition coefficient (Wildman–Crippen LogP) is 0.143. The summed E-state index contributed by atoms with van der Waals surface area (Å²) in [5.74, 6) is 1.02. The maximum absolute atomic E-state index is 5.96. The van der Waals surface area contributed by atoms with Crippen molar-refractivity contribution in [2.24, 2.45) is 0 Å². The average Bonchev–Trinajstić information content (AvgIpc) is 2.77. The van der Waals surface area contributed by atoms with E-state index in [1.807, 2.05) is 0 Å². The van der Waals surface area contributed by atoms with Gasteiger partial charge in [-0.05, 0) is 11.6 Å². The first kappa shape index (κ1) is 10.3. The SMILES string of the molecule is Clc1nc2c(c(N3CCNCC3)n1)CNC2. The fourth-order valence-corrected chi connectivity index (χ4v) is 2.44. The van der Waals surface area contributed by atoms with Crippen LogP contribution in [0.25, 0.3) is 0 Å². The summed E-state index contributed by atoms with van der Waals surface area (Å²) < 4.78 is 0. The lowest BCUT2D eigenvalue weighted by Crippen LogP contribution is -2.44. The predicted molar refractivity (Wildman–Crippen MR) is 62.7 cm³/mol. The van der Waals surface area contributed by atoms with E-state index in [-0.39, 0.29) is 0 Å². The Morgan fingerprint density at radius 3 is 2.69 bits per heavy atom. The molecule has 0 unspecified atom stereocenters. The van der Waals surface area contributed by atoms with Crippen LogP contribution in [0.3, 0.4) is 0 Å². The molecule has 2 aliphatic heterocycles. The van der Waals surface area contributed by atoms with Gasteiger partial charge in [-0.1, -0.05) is 0 Å². The summed E-state index contributed by atoms with van der Waals surface area (Å²) in [7, 11) is 0. The third-order valence-electron chi connectivity index (χ3n) is 3.05. The Morgan fingerprint density at radius 2 is 1.88 bits per heavy atom. The maximum Gasteiger partial charge on any atom is 0.224 e. The third-order valence-corrected chi connectivity index (χ3v) is 3.22. The fraction of sp³-hybridized carbons (Fsp3) is 0.600. The highest BCUT2D eigenvalue weighted by Gasteiger charge is 2.23. The van der Waals surface area contributed by atoms with Gasteiger partial charge in [0, 0.05) is 44.8 Å². The van der Waals surface area contributed by atoms with E-state index in [2.05, 4.69) is 25.5 Å². The molecule has 1 aromatic heterocycles. The standard InChI is InChI=1S/C10H14ClN5/c11-10-14-8-6-13-5-7(8)9(15-10)16-3-1-12-2-4-16/h12-13H,1-6H2. The van der Waals surface area contributed by atoms with Crippen LogP contribution in [0.2, 0.25) is 5.28 Å². The van der Waals surface area contributed by atoms with Crippen molar-refractivity contribution in [3.05, 3.63) is 16.5 Å². The van der Waals surface area contributed by atoms with E-state index in [9.17, 15) is 0 Å². The summed E-state index contributed by atoms with van der Waals surface area (Å²) in [6.45, 7) is 5.63. The van der Waals surface area contributed by atoms with E-state index < -0.39 is 0 Å². The molecule has 1 fully saturated rings. The Bertz CT molecular complexity index is 402. The second kappa shape index (κ2) is 4.16. The van der Waals surface area contributed by atoms with Crippen LogP contribution >= 0.6 is 11.6 Å². The van der Waals surface area contributed by atoms with Gasteiger partial charge < -0.3 is 15.5 Å². The molecule has 6 heteroatoms. The van der Waals surface area contributed by atoms with E-state index in [0.717, 1.165) is 50.8 Å². The van der Waals surface area contributed by atoms with E-state index in [1.54, 1.807) is 0 Å². The lowest BCUT2D eigenvalue weighted by molar-refractivity contribution is 0.582. The molecule has 0 aliphatic carbocycles. The zero-order chi connectivity index (χ0) is 11.0. The van der Waals surface area contributed by atoms with Gasteiger partial charge in [0.05, 0.1) is 5.69 Å². The van der Waals surface area contributed by atoms with Crippen LogP contribution in [0.15, 0.2) is 0 Å². The van der Waals surface area contributed by atoms with Gasteiger partial charge in [-0.3, -0.25) is 0 Å². The van der Waals surface area contributed by atoms with Crippen molar-refractivity contribution in [3.63, 3.8) is 0 Å². The van der Waals surface area contributed by atoms with Crippen LogP contribution in [-0.4, -0.2) is 36.1 Å². The van der Waals surface area contributed by atoms with E-state index >= 15 is 0 Å². The van der Waals surface area contributed by atoms with E-state index in [4.69, 9.17) is 11.6 Å². The Labute approximate surface area is 99.2 Å². The van der Waals surface area contributed by atoms with Gasteiger partial charge in [0.25, 0.3) is 0 Å². The van der Waals surface area contributed by atoms with Crippen LogP contribution in [0.5, 0.6) is 0 Å². The Hall–Kier alpha value is -0.910. The van der Waals surface area contributed by atoms with Crippen molar-refractivity contribution in [2.45, 2.75) is 13.1 Å². The van der Waals surface area contributed by atoms with E-state index in [1.165, 1.54) is 5.56 Å². The molecule has 2 N–H and O–H groups in total. The molecule has 16 heavy (non-hydrogen) atoms. The summed E-state index contributed by atoms with van der Waals surface area (Å²) in [5, 5.41) is 6.98. The first-order valence-electron chi connectivity index (χ1n) is 5.56. The zero-order valence-corrected chi connectivity index (χ0v) is 9.72. The molecule has 0 spiro atoms. The lowest BCUT2D eigenvalue weighted by Gasteiger charge is -2.29. The van der Waals surface area contributed by atoms with Gasteiger partial charge in [0.2, 0.25) is 5.28 Å². The number of aromatic nitrogens is 2. The number of halogens is 1. The van der Waals surface area contributed by atoms with Gasteiger partial charge in [-0.2, -0.15) is 0 Å². The number of fused-ring (bicyclic) bond motifs is 1.